The summed E-state index contributed by atoms with van der Waals surface area (Å²) in [6.07, 6.45) is -0.0981. The van der Waals surface area contributed by atoms with E-state index in [0.29, 0.717) is 0 Å². The summed E-state index contributed by atoms with van der Waals surface area (Å²) in [7, 11) is -3.67. The van der Waals surface area contributed by atoms with Crippen LogP contribution in [-0.2, 0) is 19.4 Å². The number of rotatable bonds is 3. The number of carbonyl (C=O) groups excluding carboxylic acids is 1. The van der Waals surface area contributed by atoms with E-state index in [2.05, 4.69) is 0 Å². The van der Waals surface area contributed by atoms with Gasteiger partial charge in [-0.15, -0.1) is 0 Å². The maximum atomic E-state index is 12.1. The summed E-state index contributed by atoms with van der Waals surface area (Å²) in [6.45, 7) is 2.30. The summed E-state index contributed by atoms with van der Waals surface area (Å²) in [5.41, 5.74) is 0. The predicted octanol–water partition coefficient (Wildman–Crippen LogP) is -1.14. The number of carbonyl (C=O) groups is 2. The molecule has 104 valence electrons. The van der Waals surface area contributed by atoms with Crippen molar-refractivity contribution in [2.75, 3.05) is 12.8 Å². The summed E-state index contributed by atoms with van der Waals surface area (Å²) in [4.78, 5) is 24.1. The molecule has 0 aromatic rings. The number of aliphatic hydroxyl groups is 1. The molecule has 2 atom stereocenters. The second kappa shape index (κ2) is 4.51. The highest BCUT2D eigenvalue weighted by molar-refractivity contribution is 7.92. The summed E-state index contributed by atoms with van der Waals surface area (Å²) in [6, 6.07) is -1.17. The number of sulfone groups is 1. The zero-order valence-electron chi connectivity index (χ0n) is 10.5. The van der Waals surface area contributed by atoms with Gasteiger partial charge in [-0.1, -0.05) is 0 Å². The van der Waals surface area contributed by atoms with Crippen LogP contribution < -0.4 is 0 Å². The molecular weight excluding hydrogens is 262 g/mol. The van der Waals surface area contributed by atoms with Gasteiger partial charge >= 0.3 is 5.97 Å². The molecule has 0 bridgehead atoms. The molecule has 1 fully saturated rings. The van der Waals surface area contributed by atoms with Gasteiger partial charge in [-0.05, 0) is 13.8 Å². The number of aliphatic hydroxyl groups excluding tert-OH is 1. The van der Waals surface area contributed by atoms with Gasteiger partial charge in [0, 0.05) is 19.2 Å². The van der Waals surface area contributed by atoms with Gasteiger partial charge < -0.3 is 15.1 Å². The van der Waals surface area contributed by atoms with Crippen molar-refractivity contribution in [2.24, 2.45) is 0 Å². The van der Waals surface area contributed by atoms with E-state index in [9.17, 15) is 23.1 Å². The highest BCUT2D eigenvalue weighted by atomic mass is 32.2. The third kappa shape index (κ3) is 2.49. The Labute approximate surface area is 105 Å². The average molecular weight is 279 g/mol. The third-order valence-corrected chi connectivity index (χ3v) is 5.30. The number of hydrogen-bond acceptors (Lipinski definition) is 5. The summed E-state index contributed by atoms with van der Waals surface area (Å²) in [5, 5.41) is 18.4. The van der Waals surface area contributed by atoms with Crippen molar-refractivity contribution in [1.29, 1.82) is 0 Å². The lowest BCUT2D eigenvalue weighted by Crippen LogP contribution is -2.53. The molecule has 1 heterocycles. The van der Waals surface area contributed by atoms with Crippen LogP contribution in [0.2, 0.25) is 0 Å². The van der Waals surface area contributed by atoms with E-state index in [1.807, 2.05) is 0 Å². The molecule has 2 N–H and O–H groups in total. The van der Waals surface area contributed by atoms with Crippen molar-refractivity contribution in [3.8, 4) is 0 Å². The molecule has 0 aromatic heterocycles. The highest BCUT2D eigenvalue weighted by Crippen LogP contribution is 2.25. The normalized spacial score (nSPS) is 25.2. The smallest absolute Gasteiger partial charge is 0.326 e. The molecule has 1 aliphatic rings. The van der Waals surface area contributed by atoms with E-state index >= 15 is 0 Å². The Morgan fingerprint density at radius 3 is 2.22 bits per heavy atom. The van der Waals surface area contributed by atoms with E-state index in [0.717, 1.165) is 11.2 Å². The molecule has 1 amide bonds. The lowest BCUT2D eigenvalue weighted by Gasteiger charge is -2.30. The average Bonchev–Trinajstić information content (AvgIpc) is 2.57. The first-order valence-corrected chi connectivity index (χ1v) is 7.29. The van der Waals surface area contributed by atoms with Gasteiger partial charge in [-0.3, -0.25) is 4.79 Å². The molecular formula is C10H17NO6S. The Bertz CT molecular complexity index is 469. The van der Waals surface area contributed by atoms with Crippen LogP contribution in [-0.4, -0.2) is 65.1 Å². The molecule has 0 aromatic carbocycles. The van der Waals surface area contributed by atoms with Gasteiger partial charge in [-0.25, -0.2) is 13.2 Å². The molecule has 0 aliphatic carbocycles. The fourth-order valence-corrected chi connectivity index (χ4v) is 2.21. The minimum absolute atomic E-state index is 0.0824. The van der Waals surface area contributed by atoms with Gasteiger partial charge in [0.25, 0.3) is 0 Å². The monoisotopic (exact) mass is 279 g/mol. The molecule has 1 aliphatic heterocycles. The van der Waals surface area contributed by atoms with Gasteiger partial charge in [0.1, 0.15) is 10.8 Å². The van der Waals surface area contributed by atoms with E-state index in [1.54, 1.807) is 0 Å². The van der Waals surface area contributed by atoms with E-state index in [-0.39, 0.29) is 13.0 Å². The standard InChI is InChI=1S/C10H17NO6S/c1-10(2,18(3,16)17)9(15)11-5-6(12)4-7(11)8(13)14/h6-7,12H,4-5H2,1-3H3,(H,13,14)/t6-,7+/m1/s1. The predicted molar refractivity (Wildman–Crippen MR) is 62.7 cm³/mol. The summed E-state index contributed by atoms with van der Waals surface area (Å²) in [5.74, 6) is -2.04. The second-order valence-corrected chi connectivity index (χ2v) is 7.55. The molecule has 18 heavy (non-hydrogen) atoms. The van der Waals surface area contributed by atoms with Crippen LogP contribution in [0, 0.1) is 0 Å². The van der Waals surface area contributed by atoms with Crippen molar-refractivity contribution < 1.29 is 28.2 Å². The number of β-amino-alcohol motifs (C(OH)–C–C–N with tert-alkyl or cyclic N) is 1. The largest absolute Gasteiger partial charge is 0.480 e. The van der Waals surface area contributed by atoms with Crippen molar-refractivity contribution in [3.05, 3.63) is 0 Å². The Balaban J connectivity index is 3.07. The highest BCUT2D eigenvalue weighted by Gasteiger charge is 2.48. The molecule has 7 nitrogen and oxygen atoms in total. The molecule has 1 rings (SSSR count). The number of aliphatic carboxylic acids is 1. The number of hydrogen-bond donors (Lipinski definition) is 2. The van der Waals surface area contributed by atoms with Crippen molar-refractivity contribution in [3.63, 3.8) is 0 Å². The minimum Gasteiger partial charge on any atom is -0.480 e. The lowest BCUT2D eigenvalue weighted by atomic mass is 10.1. The van der Waals surface area contributed by atoms with Crippen LogP contribution >= 0.6 is 0 Å². The zero-order chi connectivity index (χ0) is 14.3. The summed E-state index contributed by atoms with van der Waals surface area (Å²) < 4.78 is 21.4. The lowest BCUT2D eigenvalue weighted by molar-refractivity contribution is -0.148. The molecule has 0 unspecified atom stereocenters. The van der Waals surface area contributed by atoms with Crippen LogP contribution in [0.1, 0.15) is 20.3 Å². The first-order valence-electron chi connectivity index (χ1n) is 5.40. The van der Waals surface area contributed by atoms with E-state index < -0.39 is 38.6 Å². The molecule has 1 saturated heterocycles. The molecule has 8 heteroatoms. The van der Waals surface area contributed by atoms with Crippen LogP contribution in [0.15, 0.2) is 0 Å². The topological polar surface area (TPSA) is 112 Å². The maximum absolute atomic E-state index is 12.1. The van der Waals surface area contributed by atoms with Gasteiger partial charge in [-0.2, -0.15) is 0 Å². The van der Waals surface area contributed by atoms with Crippen LogP contribution in [0.25, 0.3) is 0 Å². The fourth-order valence-electron chi connectivity index (χ4n) is 1.78. The first kappa shape index (κ1) is 14.9. The fraction of sp³-hybridized carbons (Fsp3) is 0.800. The van der Waals surface area contributed by atoms with Gasteiger partial charge in [0.05, 0.1) is 6.10 Å². The number of carboxylic acids is 1. The van der Waals surface area contributed by atoms with Crippen LogP contribution in [0.5, 0.6) is 0 Å². The van der Waals surface area contributed by atoms with Crippen molar-refractivity contribution in [2.45, 2.75) is 37.2 Å². The Morgan fingerprint density at radius 2 is 1.83 bits per heavy atom. The summed E-state index contributed by atoms with van der Waals surface area (Å²) >= 11 is 0. The van der Waals surface area contributed by atoms with E-state index in [1.165, 1.54) is 13.8 Å². The van der Waals surface area contributed by atoms with Crippen molar-refractivity contribution >= 4 is 21.7 Å². The number of amides is 1. The van der Waals surface area contributed by atoms with E-state index in [4.69, 9.17) is 5.11 Å². The minimum atomic E-state index is -3.67. The molecule has 0 radical (unpaired) electrons. The number of carboxylic acid groups (broad SMARTS) is 1. The maximum Gasteiger partial charge on any atom is 0.326 e. The SMILES string of the molecule is CC(C)(C(=O)N1C[C@H](O)C[C@H]1C(=O)O)S(C)(=O)=O. The molecule has 0 spiro atoms. The Morgan fingerprint density at radius 1 is 1.33 bits per heavy atom. The van der Waals surface area contributed by atoms with Crippen molar-refractivity contribution in [1.82, 2.24) is 4.90 Å². The molecule has 0 saturated carbocycles. The first-order chi connectivity index (χ1) is 7.98. The Hall–Kier alpha value is -1.15. The number of likely N-dealkylation sites (tertiary alicyclic amines) is 1. The van der Waals surface area contributed by atoms with Gasteiger partial charge in [0.2, 0.25) is 5.91 Å². The Kier molecular flexibility index (Phi) is 3.73. The zero-order valence-corrected chi connectivity index (χ0v) is 11.3. The second-order valence-electron chi connectivity index (χ2n) is 4.98. The number of nitrogens with zero attached hydrogens (tertiary/aromatic N) is 1. The van der Waals surface area contributed by atoms with Crippen LogP contribution in [0.3, 0.4) is 0 Å². The third-order valence-electron chi connectivity index (χ3n) is 3.27. The van der Waals surface area contributed by atoms with Gasteiger partial charge in [0.15, 0.2) is 9.84 Å². The quantitative estimate of drug-likeness (QED) is 0.675. The van der Waals surface area contributed by atoms with Crippen LogP contribution in [0.4, 0.5) is 0 Å².